The van der Waals surface area contributed by atoms with Crippen molar-refractivity contribution in [2.45, 2.75) is 31.7 Å². The minimum atomic E-state index is 0.167. The first kappa shape index (κ1) is 13.2. The van der Waals surface area contributed by atoms with Crippen LogP contribution in [0.1, 0.15) is 35.6 Å². The summed E-state index contributed by atoms with van der Waals surface area (Å²) >= 11 is 0. The number of benzene rings is 1. The molecule has 1 aromatic heterocycles. The normalized spacial score (nSPS) is 17.8. The average Bonchev–Trinajstić information content (AvgIpc) is 2.85. The van der Waals surface area contributed by atoms with Crippen LogP contribution >= 0.6 is 0 Å². The molecule has 20 heavy (non-hydrogen) atoms. The molecule has 0 bridgehead atoms. The van der Waals surface area contributed by atoms with Crippen LogP contribution in [0.5, 0.6) is 5.75 Å². The van der Waals surface area contributed by atoms with Gasteiger partial charge in [0.15, 0.2) is 0 Å². The van der Waals surface area contributed by atoms with Gasteiger partial charge in [-0.1, -0.05) is 6.07 Å². The van der Waals surface area contributed by atoms with Crippen molar-refractivity contribution in [3.05, 3.63) is 47.3 Å². The summed E-state index contributed by atoms with van der Waals surface area (Å²) in [4.78, 5) is 0. The predicted octanol–water partition coefficient (Wildman–Crippen LogP) is 2.38. The maximum absolute atomic E-state index is 6.17. The Labute approximate surface area is 119 Å². The van der Waals surface area contributed by atoms with Gasteiger partial charge < -0.3 is 10.5 Å². The van der Waals surface area contributed by atoms with Crippen molar-refractivity contribution in [3.8, 4) is 5.75 Å². The van der Waals surface area contributed by atoms with E-state index < -0.39 is 0 Å². The number of hydrogen-bond acceptors (Lipinski definition) is 3. The number of nitrogens with two attached hydrogens (primary N) is 1. The molecular weight excluding hydrogens is 250 g/mol. The zero-order valence-electron chi connectivity index (χ0n) is 11.9. The van der Waals surface area contributed by atoms with Crippen LogP contribution in [0.25, 0.3) is 0 Å². The zero-order valence-corrected chi connectivity index (χ0v) is 11.9. The van der Waals surface area contributed by atoms with Crippen molar-refractivity contribution < 1.29 is 4.74 Å². The molecule has 1 aliphatic carbocycles. The van der Waals surface area contributed by atoms with Gasteiger partial charge in [0.1, 0.15) is 5.75 Å². The summed E-state index contributed by atoms with van der Waals surface area (Å²) in [6.07, 6.45) is 8.18. The van der Waals surface area contributed by atoms with E-state index in [4.69, 9.17) is 10.5 Å². The van der Waals surface area contributed by atoms with Crippen LogP contribution in [0, 0.1) is 0 Å². The second-order valence-corrected chi connectivity index (χ2v) is 5.48. The summed E-state index contributed by atoms with van der Waals surface area (Å²) in [5, 5.41) is 4.15. The maximum Gasteiger partial charge on any atom is 0.119 e. The van der Waals surface area contributed by atoms with Gasteiger partial charge in [0, 0.05) is 25.7 Å². The number of nitrogens with zero attached hydrogens (tertiary/aromatic N) is 2. The van der Waals surface area contributed by atoms with Gasteiger partial charge in [0.2, 0.25) is 0 Å². The predicted molar refractivity (Wildman–Crippen MR) is 78.7 cm³/mol. The molecular formula is C16H21N3O. The molecule has 4 heteroatoms. The van der Waals surface area contributed by atoms with Gasteiger partial charge >= 0.3 is 0 Å². The van der Waals surface area contributed by atoms with E-state index in [0.29, 0.717) is 6.61 Å². The van der Waals surface area contributed by atoms with E-state index >= 15 is 0 Å². The minimum absolute atomic E-state index is 0.167. The second-order valence-electron chi connectivity index (χ2n) is 5.48. The highest BCUT2D eigenvalue weighted by Crippen LogP contribution is 2.30. The summed E-state index contributed by atoms with van der Waals surface area (Å²) in [6, 6.07) is 6.50. The molecule has 0 aliphatic heterocycles. The fraction of sp³-hybridized carbons (Fsp3) is 0.438. The smallest absolute Gasteiger partial charge is 0.119 e. The van der Waals surface area contributed by atoms with Crippen molar-refractivity contribution in [2.24, 2.45) is 12.8 Å². The highest BCUT2D eigenvalue weighted by atomic mass is 16.5. The average molecular weight is 271 g/mol. The number of hydrogen-bond donors (Lipinski definition) is 1. The minimum Gasteiger partial charge on any atom is -0.493 e. The molecule has 2 aromatic rings. The van der Waals surface area contributed by atoms with Crippen LogP contribution in [-0.4, -0.2) is 16.4 Å². The number of ether oxygens (including phenoxy) is 1. The topological polar surface area (TPSA) is 53.1 Å². The third-order valence-corrected chi connectivity index (χ3v) is 3.90. The summed E-state index contributed by atoms with van der Waals surface area (Å²) < 4.78 is 7.65. The molecule has 1 atom stereocenters. The van der Waals surface area contributed by atoms with E-state index in [1.165, 1.54) is 23.1 Å². The Morgan fingerprint density at radius 2 is 2.35 bits per heavy atom. The molecule has 0 fully saturated rings. The summed E-state index contributed by atoms with van der Waals surface area (Å²) in [5.41, 5.74) is 10.0. The van der Waals surface area contributed by atoms with Gasteiger partial charge in [0.25, 0.3) is 0 Å². The number of aromatic nitrogens is 2. The van der Waals surface area contributed by atoms with E-state index in [1.54, 1.807) is 0 Å². The van der Waals surface area contributed by atoms with Crippen LogP contribution in [0.4, 0.5) is 0 Å². The van der Waals surface area contributed by atoms with Crippen molar-refractivity contribution in [1.82, 2.24) is 9.78 Å². The van der Waals surface area contributed by atoms with E-state index in [1.807, 2.05) is 24.1 Å². The SMILES string of the molecule is Cn1cc(CCOc2ccc3c(c2)[C@@H](N)CCC3)cn1. The third kappa shape index (κ3) is 2.85. The molecule has 0 saturated heterocycles. The lowest BCUT2D eigenvalue weighted by atomic mass is 9.88. The van der Waals surface area contributed by atoms with Crippen molar-refractivity contribution >= 4 is 0 Å². The van der Waals surface area contributed by atoms with Gasteiger partial charge in [-0.15, -0.1) is 0 Å². The fourth-order valence-electron chi connectivity index (χ4n) is 2.79. The number of fused-ring (bicyclic) bond motifs is 1. The van der Waals surface area contributed by atoms with Gasteiger partial charge in [-0.05, 0) is 48.1 Å². The molecule has 1 heterocycles. The highest BCUT2D eigenvalue weighted by Gasteiger charge is 2.17. The maximum atomic E-state index is 6.17. The third-order valence-electron chi connectivity index (χ3n) is 3.90. The first-order valence-corrected chi connectivity index (χ1v) is 7.21. The molecule has 3 rings (SSSR count). The largest absolute Gasteiger partial charge is 0.493 e. The Kier molecular flexibility index (Phi) is 3.74. The molecule has 4 nitrogen and oxygen atoms in total. The molecule has 0 unspecified atom stereocenters. The van der Waals surface area contributed by atoms with Crippen LogP contribution in [0.2, 0.25) is 0 Å². The van der Waals surface area contributed by atoms with E-state index in [9.17, 15) is 0 Å². The first-order valence-electron chi connectivity index (χ1n) is 7.21. The van der Waals surface area contributed by atoms with Crippen molar-refractivity contribution in [3.63, 3.8) is 0 Å². The molecule has 1 aliphatic rings. The number of aryl methyl sites for hydroxylation is 2. The zero-order chi connectivity index (χ0) is 13.9. The molecule has 0 spiro atoms. The molecule has 0 saturated carbocycles. The second kappa shape index (κ2) is 5.67. The van der Waals surface area contributed by atoms with Crippen LogP contribution in [-0.2, 0) is 19.9 Å². The van der Waals surface area contributed by atoms with Gasteiger partial charge in [-0.2, -0.15) is 5.10 Å². The van der Waals surface area contributed by atoms with Gasteiger partial charge in [-0.25, -0.2) is 0 Å². The Morgan fingerprint density at radius 3 is 3.15 bits per heavy atom. The van der Waals surface area contributed by atoms with Crippen LogP contribution in [0.3, 0.4) is 0 Å². The summed E-state index contributed by atoms with van der Waals surface area (Å²) in [5.74, 6) is 0.921. The number of rotatable bonds is 4. The van der Waals surface area contributed by atoms with Crippen LogP contribution < -0.4 is 10.5 Å². The molecule has 106 valence electrons. The molecule has 0 amide bonds. The van der Waals surface area contributed by atoms with Gasteiger partial charge in [-0.3, -0.25) is 4.68 Å². The van der Waals surface area contributed by atoms with Gasteiger partial charge in [0.05, 0.1) is 12.8 Å². The lowest BCUT2D eigenvalue weighted by Gasteiger charge is -2.22. The monoisotopic (exact) mass is 271 g/mol. The molecule has 0 radical (unpaired) electrons. The summed E-state index contributed by atoms with van der Waals surface area (Å²) in [7, 11) is 1.93. The lowest BCUT2D eigenvalue weighted by Crippen LogP contribution is -2.17. The van der Waals surface area contributed by atoms with E-state index in [-0.39, 0.29) is 6.04 Å². The summed E-state index contributed by atoms with van der Waals surface area (Å²) in [6.45, 7) is 0.666. The first-order chi connectivity index (χ1) is 9.72. The molecule has 2 N–H and O–H groups in total. The molecule has 1 aromatic carbocycles. The Hall–Kier alpha value is -1.81. The standard InChI is InChI=1S/C16H21N3O/c1-19-11-12(10-18-19)7-8-20-14-6-5-13-3-2-4-16(17)15(13)9-14/h5-6,9-11,16H,2-4,7-8,17H2,1H3/t16-/m0/s1. The lowest BCUT2D eigenvalue weighted by molar-refractivity contribution is 0.321. The Bertz CT molecular complexity index is 591. The van der Waals surface area contributed by atoms with Crippen molar-refractivity contribution in [2.75, 3.05) is 6.61 Å². The Balaban J connectivity index is 1.62. The van der Waals surface area contributed by atoms with E-state index in [2.05, 4.69) is 23.3 Å². The Morgan fingerprint density at radius 1 is 1.45 bits per heavy atom. The fourth-order valence-corrected chi connectivity index (χ4v) is 2.79. The van der Waals surface area contributed by atoms with Crippen LogP contribution in [0.15, 0.2) is 30.6 Å². The van der Waals surface area contributed by atoms with E-state index in [0.717, 1.165) is 25.0 Å². The highest BCUT2D eigenvalue weighted by molar-refractivity contribution is 5.39. The van der Waals surface area contributed by atoms with Crippen molar-refractivity contribution in [1.29, 1.82) is 0 Å². The quantitative estimate of drug-likeness (QED) is 0.929.